The number of fused-ring (bicyclic) bond motifs is 2. The van der Waals surface area contributed by atoms with E-state index in [1.807, 2.05) is 87.5 Å². The molecule has 3 unspecified atom stereocenters. The van der Waals surface area contributed by atoms with Gasteiger partial charge in [-0.25, -0.2) is 0 Å². The van der Waals surface area contributed by atoms with Crippen LogP contribution in [0, 0.1) is 17.8 Å². The van der Waals surface area contributed by atoms with Gasteiger partial charge in [0.25, 0.3) is 5.91 Å². The Morgan fingerprint density at radius 3 is 2.28 bits per heavy atom. The third-order valence-electron chi connectivity index (χ3n) is 10.8. The number of alkyl halides is 1. The molecule has 3 aromatic rings. The lowest BCUT2D eigenvalue weighted by Gasteiger charge is -2.41. The first-order valence-electron chi connectivity index (χ1n) is 17.5. The summed E-state index contributed by atoms with van der Waals surface area (Å²) in [6.45, 7) is 14.6. The first-order valence-corrected chi connectivity index (χ1v) is 19.3. The average molecular weight is 761 g/mol. The number of amides is 3. The molecule has 6 rings (SSSR count). The van der Waals surface area contributed by atoms with E-state index in [2.05, 4.69) is 29.1 Å². The average Bonchev–Trinajstić information content (AvgIpc) is 3.72. The molecule has 0 saturated carbocycles. The summed E-state index contributed by atoms with van der Waals surface area (Å²) in [7, 11) is 0. The number of carbonyl (C=O) groups excluding carboxylic acids is 3. The monoisotopic (exact) mass is 759 g/mol. The van der Waals surface area contributed by atoms with Crippen LogP contribution in [0.1, 0.15) is 33.6 Å². The van der Waals surface area contributed by atoms with E-state index in [0.29, 0.717) is 36.6 Å². The van der Waals surface area contributed by atoms with Crippen molar-refractivity contribution in [3.05, 3.63) is 92.0 Å². The smallest absolute Gasteiger partial charge is 0.251 e. The predicted molar refractivity (Wildman–Crippen MR) is 206 cm³/mol. The maximum absolute atomic E-state index is 15.3. The lowest BCUT2D eigenvalue weighted by molar-refractivity contribution is -0.143. The van der Waals surface area contributed by atoms with E-state index >= 15 is 9.59 Å². The SMILES string of the molecule is C=CCN(C(=O)C1N([C@@H](CO)[C@@H](C)CC)C(=O)[C@@H]2[C@H](C(=O)N(CC=C)c3ccc(OCC)cc3)[C@H]3SC12CC3Br)c1ccc2ccccc2c1. The van der Waals surface area contributed by atoms with Crippen LogP contribution in [0.4, 0.5) is 11.4 Å². The minimum Gasteiger partial charge on any atom is -0.494 e. The highest BCUT2D eigenvalue weighted by Crippen LogP contribution is 2.68. The molecule has 3 heterocycles. The van der Waals surface area contributed by atoms with Crippen molar-refractivity contribution in [1.82, 2.24) is 4.90 Å². The summed E-state index contributed by atoms with van der Waals surface area (Å²) in [6.07, 6.45) is 4.63. The highest BCUT2D eigenvalue weighted by atomic mass is 79.9. The zero-order valence-electron chi connectivity index (χ0n) is 28.9. The minimum atomic E-state index is -0.899. The van der Waals surface area contributed by atoms with Crippen LogP contribution in [0.3, 0.4) is 0 Å². The molecule has 2 bridgehead atoms. The van der Waals surface area contributed by atoms with Gasteiger partial charge in [0.2, 0.25) is 11.8 Å². The van der Waals surface area contributed by atoms with Crippen LogP contribution in [0.2, 0.25) is 0 Å². The van der Waals surface area contributed by atoms with Gasteiger partial charge in [0.15, 0.2) is 0 Å². The second-order valence-corrected chi connectivity index (χ2v) is 16.2. The fourth-order valence-corrected chi connectivity index (χ4v) is 11.9. The number of rotatable bonds is 14. The maximum atomic E-state index is 15.3. The number of hydrogen-bond donors (Lipinski definition) is 1. The first kappa shape index (κ1) is 36.2. The molecule has 0 aromatic heterocycles. The van der Waals surface area contributed by atoms with E-state index in [1.165, 1.54) is 0 Å². The molecular formula is C40H46BrN3O5S. The summed E-state index contributed by atoms with van der Waals surface area (Å²) in [5, 5.41) is 12.7. The Hall–Kier alpha value is -3.60. The summed E-state index contributed by atoms with van der Waals surface area (Å²) in [4.78, 5) is 50.1. The number of aliphatic hydroxyl groups is 1. The van der Waals surface area contributed by atoms with E-state index in [4.69, 9.17) is 4.74 Å². The second kappa shape index (κ2) is 14.9. The van der Waals surface area contributed by atoms with Crippen molar-refractivity contribution in [3.63, 3.8) is 0 Å². The lowest BCUT2D eigenvalue weighted by atomic mass is 9.70. The molecule has 8 nitrogen and oxygen atoms in total. The maximum Gasteiger partial charge on any atom is 0.251 e. The Morgan fingerprint density at radius 2 is 1.66 bits per heavy atom. The van der Waals surface area contributed by atoms with Gasteiger partial charge < -0.3 is 24.5 Å². The number of anilines is 2. The number of carbonyl (C=O) groups is 3. The summed E-state index contributed by atoms with van der Waals surface area (Å²) in [5.74, 6) is -1.46. The number of ether oxygens (including phenoxy) is 1. The van der Waals surface area contributed by atoms with Crippen molar-refractivity contribution < 1.29 is 24.2 Å². The molecule has 0 aliphatic carbocycles. The van der Waals surface area contributed by atoms with Gasteiger partial charge >= 0.3 is 0 Å². The number of hydrogen-bond acceptors (Lipinski definition) is 6. The fourth-order valence-electron chi connectivity index (χ4n) is 8.27. The van der Waals surface area contributed by atoms with Crippen LogP contribution in [0.25, 0.3) is 10.8 Å². The molecule has 3 aliphatic heterocycles. The molecule has 3 aliphatic rings. The number of nitrogens with zero attached hydrogens (tertiary/aromatic N) is 3. The molecule has 3 aromatic carbocycles. The van der Waals surface area contributed by atoms with Gasteiger partial charge in [0, 0.05) is 34.5 Å². The van der Waals surface area contributed by atoms with Gasteiger partial charge in [-0.3, -0.25) is 14.4 Å². The van der Waals surface area contributed by atoms with Gasteiger partial charge in [0.05, 0.1) is 35.8 Å². The molecule has 1 spiro atoms. The Labute approximate surface area is 307 Å². The molecule has 3 amide bonds. The Balaban J connectivity index is 1.45. The van der Waals surface area contributed by atoms with Crippen LogP contribution in [-0.4, -0.2) is 80.9 Å². The van der Waals surface area contributed by atoms with Crippen molar-refractivity contribution in [2.24, 2.45) is 17.8 Å². The molecule has 50 heavy (non-hydrogen) atoms. The standard InChI is InChI=1S/C40H46BrN3O5S/c1-6-20-42(28-16-18-30(19-17-28)49-9-4)37(46)33-34-38(47)44(32(24-45)25(5)8-3)36(40(34)23-31(41)35(33)50-40)39(48)43(21-7-2)29-15-14-26-12-10-11-13-27(26)22-29/h6-7,10-19,22,25,31-36,45H,1-2,8-9,20-21,23-24H2,3-5H3/t25-,31?,32-,33-,34-,35-,36?,40?/m0/s1. The van der Waals surface area contributed by atoms with Gasteiger partial charge in [-0.05, 0) is 66.4 Å². The topological polar surface area (TPSA) is 90.4 Å². The highest BCUT2D eigenvalue weighted by molar-refractivity contribution is 9.09. The third kappa shape index (κ3) is 6.07. The summed E-state index contributed by atoms with van der Waals surface area (Å²) in [6, 6.07) is 19.8. The Morgan fingerprint density at radius 1 is 1.02 bits per heavy atom. The first-order chi connectivity index (χ1) is 24.1. The zero-order valence-corrected chi connectivity index (χ0v) is 31.3. The molecule has 3 saturated heterocycles. The van der Waals surface area contributed by atoms with E-state index < -0.39 is 28.7 Å². The summed E-state index contributed by atoms with van der Waals surface area (Å²) in [5.41, 5.74) is 1.39. The van der Waals surface area contributed by atoms with Crippen LogP contribution < -0.4 is 14.5 Å². The lowest BCUT2D eigenvalue weighted by Crippen LogP contribution is -2.59. The van der Waals surface area contributed by atoms with Gasteiger partial charge in [-0.15, -0.1) is 24.9 Å². The Bertz CT molecular complexity index is 1770. The minimum absolute atomic E-state index is 0.0831. The Kier molecular flexibility index (Phi) is 10.8. The molecule has 0 radical (unpaired) electrons. The summed E-state index contributed by atoms with van der Waals surface area (Å²) < 4.78 is 4.75. The number of benzene rings is 3. The van der Waals surface area contributed by atoms with Crippen molar-refractivity contribution >= 4 is 67.6 Å². The summed E-state index contributed by atoms with van der Waals surface area (Å²) >= 11 is 5.51. The van der Waals surface area contributed by atoms with Gasteiger partial charge in [-0.2, -0.15) is 0 Å². The molecule has 8 atom stereocenters. The molecular weight excluding hydrogens is 714 g/mol. The zero-order chi connectivity index (χ0) is 35.7. The van der Waals surface area contributed by atoms with Crippen molar-refractivity contribution in [2.75, 3.05) is 36.1 Å². The molecule has 10 heteroatoms. The number of likely N-dealkylation sites (tertiary alicyclic amines) is 1. The third-order valence-corrected chi connectivity index (χ3v) is 14.0. The predicted octanol–water partition coefficient (Wildman–Crippen LogP) is 6.85. The molecule has 264 valence electrons. The van der Waals surface area contributed by atoms with Crippen molar-refractivity contribution in [1.29, 1.82) is 0 Å². The van der Waals surface area contributed by atoms with E-state index in [0.717, 1.165) is 10.8 Å². The number of halogens is 1. The van der Waals surface area contributed by atoms with E-state index in [1.54, 1.807) is 38.6 Å². The van der Waals surface area contributed by atoms with E-state index in [9.17, 15) is 9.90 Å². The molecule has 3 fully saturated rings. The number of aliphatic hydroxyl groups excluding tert-OH is 1. The molecule has 1 N–H and O–H groups in total. The van der Waals surface area contributed by atoms with Crippen LogP contribution in [0.5, 0.6) is 5.75 Å². The van der Waals surface area contributed by atoms with Gasteiger partial charge in [0.1, 0.15) is 11.8 Å². The highest BCUT2D eigenvalue weighted by Gasteiger charge is 2.76. The van der Waals surface area contributed by atoms with Crippen LogP contribution in [-0.2, 0) is 14.4 Å². The van der Waals surface area contributed by atoms with E-state index in [-0.39, 0.29) is 53.4 Å². The van der Waals surface area contributed by atoms with Crippen LogP contribution >= 0.6 is 27.7 Å². The normalized spacial score (nSPS) is 26.4. The fraction of sp³-hybridized carbons (Fsp3) is 0.425. The van der Waals surface area contributed by atoms with Crippen molar-refractivity contribution in [3.8, 4) is 5.75 Å². The van der Waals surface area contributed by atoms with Crippen molar-refractivity contribution in [2.45, 2.75) is 60.5 Å². The second-order valence-electron chi connectivity index (χ2n) is 13.5. The number of thioether (sulfide) groups is 1. The van der Waals surface area contributed by atoms with Gasteiger partial charge in [-0.1, -0.05) is 78.7 Å². The largest absolute Gasteiger partial charge is 0.494 e. The van der Waals surface area contributed by atoms with Crippen LogP contribution in [0.15, 0.2) is 92.0 Å². The quantitative estimate of drug-likeness (QED) is 0.143.